The fourth-order valence-corrected chi connectivity index (χ4v) is 7.07. The lowest BCUT2D eigenvalue weighted by atomic mass is 9.83. The molecule has 172 valence electrons. The molecule has 2 aliphatic heterocycles. The van der Waals surface area contributed by atoms with Gasteiger partial charge >= 0.3 is 0 Å². The second-order valence-corrected chi connectivity index (χ2v) is 11.5. The molecule has 2 heterocycles. The highest BCUT2D eigenvalue weighted by Gasteiger charge is 2.46. The first kappa shape index (κ1) is 21.6. The van der Waals surface area contributed by atoms with Crippen molar-refractivity contribution < 1.29 is 19.1 Å². The van der Waals surface area contributed by atoms with Gasteiger partial charge in [-0.15, -0.1) is 0 Å². The van der Waals surface area contributed by atoms with Crippen LogP contribution in [-0.4, -0.2) is 84.9 Å². The topological polar surface area (TPSA) is 41.9 Å². The molecule has 0 radical (unpaired) electrons. The lowest BCUT2D eigenvalue weighted by molar-refractivity contribution is -0.939. The molecule has 3 aliphatic carbocycles. The standard InChI is InChI=1S/C25H45N2O3/c1-27(22-10-8-20(9-11-22)17-29-16-19-6-7-19)14-12-21(13-15-27)26-23-4-2-3-5-24(23)30-18-25(26)28/h19-25,28H,2-18H2,1H3/q+1/t20?,21?,22?,23-,24-,25?,27?/m1/s1. The molecule has 0 amide bonds. The number of hydrogen-bond donors (Lipinski definition) is 1. The van der Waals surface area contributed by atoms with Crippen LogP contribution in [0.25, 0.3) is 0 Å². The van der Waals surface area contributed by atoms with Gasteiger partial charge in [-0.1, -0.05) is 12.8 Å². The summed E-state index contributed by atoms with van der Waals surface area (Å²) >= 11 is 0. The zero-order valence-corrected chi connectivity index (χ0v) is 19.2. The number of piperidine rings is 1. The first-order valence-electron chi connectivity index (χ1n) is 13.1. The Morgan fingerprint density at radius 3 is 2.17 bits per heavy atom. The maximum Gasteiger partial charge on any atom is 0.131 e. The smallest absolute Gasteiger partial charge is 0.131 e. The molecule has 0 bridgehead atoms. The van der Waals surface area contributed by atoms with E-state index in [-0.39, 0.29) is 0 Å². The lowest BCUT2D eigenvalue weighted by Crippen LogP contribution is -2.65. The third-order valence-corrected chi connectivity index (χ3v) is 9.32. The van der Waals surface area contributed by atoms with Gasteiger partial charge < -0.3 is 19.1 Å². The van der Waals surface area contributed by atoms with Crippen molar-refractivity contribution >= 4 is 0 Å². The molecule has 3 atom stereocenters. The van der Waals surface area contributed by atoms with E-state index in [1.807, 2.05) is 0 Å². The summed E-state index contributed by atoms with van der Waals surface area (Å²) in [6.07, 6.45) is 15.7. The van der Waals surface area contributed by atoms with Crippen molar-refractivity contribution in [3.63, 3.8) is 0 Å². The number of quaternary nitrogens is 1. The van der Waals surface area contributed by atoms with Gasteiger partial charge in [-0.2, -0.15) is 0 Å². The Morgan fingerprint density at radius 1 is 0.867 bits per heavy atom. The third kappa shape index (κ3) is 4.76. The maximum atomic E-state index is 10.8. The van der Waals surface area contributed by atoms with Crippen molar-refractivity contribution in [1.29, 1.82) is 0 Å². The van der Waals surface area contributed by atoms with Crippen molar-refractivity contribution in [1.82, 2.24) is 4.90 Å². The van der Waals surface area contributed by atoms with E-state index in [4.69, 9.17) is 9.47 Å². The van der Waals surface area contributed by atoms with Gasteiger partial charge in [0.05, 0.1) is 38.9 Å². The van der Waals surface area contributed by atoms with Gasteiger partial charge in [-0.3, -0.25) is 4.90 Å². The summed E-state index contributed by atoms with van der Waals surface area (Å²) in [5.74, 6) is 1.69. The molecule has 5 rings (SSSR count). The molecule has 0 aromatic carbocycles. The van der Waals surface area contributed by atoms with E-state index in [9.17, 15) is 5.11 Å². The molecule has 5 heteroatoms. The van der Waals surface area contributed by atoms with Crippen molar-refractivity contribution in [2.45, 2.75) is 108 Å². The minimum absolute atomic E-state index is 0.363. The highest BCUT2D eigenvalue weighted by atomic mass is 16.5. The average molecular weight is 422 g/mol. The SMILES string of the molecule is C[N+]1(C2CCC(COCC3CC3)CC2)CCC(N2C(O)CO[C@@H]3CCCC[C@H]32)CC1. The fraction of sp³-hybridized carbons (Fsp3) is 1.00. The van der Waals surface area contributed by atoms with Gasteiger partial charge in [0.2, 0.25) is 0 Å². The van der Waals surface area contributed by atoms with E-state index in [0.29, 0.717) is 24.8 Å². The van der Waals surface area contributed by atoms with E-state index in [1.165, 1.54) is 94.6 Å². The first-order chi connectivity index (χ1) is 14.6. The minimum atomic E-state index is -0.391. The number of rotatable bonds is 6. The number of ether oxygens (including phenoxy) is 2. The number of fused-ring (bicyclic) bond motifs is 1. The van der Waals surface area contributed by atoms with Gasteiger partial charge in [0.1, 0.15) is 6.23 Å². The molecule has 5 nitrogen and oxygen atoms in total. The third-order valence-electron chi connectivity index (χ3n) is 9.32. The molecule has 3 saturated carbocycles. The minimum Gasteiger partial charge on any atom is -0.381 e. The van der Waals surface area contributed by atoms with Gasteiger partial charge in [-0.05, 0) is 63.2 Å². The van der Waals surface area contributed by atoms with E-state index in [0.717, 1.165) is 31.1 Å². The molecule has 5 fully saturated rings. The lowest BCUT2D eigenvalue weighted by Gasteiger charge is -2.54. The molecular weight excluding hydrogens is 376 g/mol. The van der Waals surface area contributed by atoms with Crippen molar-refractivity contribution in [3.8, 4) is 0 Å². The molecule has 30 heavy (non-hydrogen) atoms. The Bertz CT molecular complexity index is 553. The maximum absolute atomic E-state index is 10.8. The van der Waals surface area contributed by atoms with E-state index in [1.54, 1.807) is 0 Å². The summed E-state index contributed by atoms with van der Waals surface area (Å²) in [5.41, 5.74) is 0. The molecule has 1 N–H and O–H groups in total. The predicted octanol–water partition coefficient (Wildman–Crippen LogP) is 3.54. The predicted molar refractivity (Wildman–Crippen MR) is 118 cm³/mol. The van der Waals surface area contributed by atoms with Crippen LogP contribution >= 0.6 is 0 Å². The Balaban J connectivity index is 1.10. The number of hydrogen-bond acceptors (Lipinski definition) is 4. The Hall–Kier alpha value is -0.200. The van der Waals surface area contributed by atoms with Crippen LogP contribution in [0.3, 0.4) is 0 Å². The molecule has 1 unspecified atom stereocenters. The Labute approximate surface area is 183 Å². The van der Waals surface area contributed by atoms with Crippen LogP contribution in [0.5, 0.6) is 0 Å². The second kappa shape index (κ2) is 9.35. The van der Waals surface area contributed by atoms with Crippen LogP contribution in [0.15, 0.2) is 0 Å². The number of nitrogens with zero attached hydrogens (tertiary/aromatic N) is 2. The summed E-state index contributed by atoms with van der Waals surface area (Å²) in [6, 6.07) is 1.84. The molecule has 0 aromatic heterocycles. The number of morpholine rings is 1. The second-order valence-electron chi connectivity index (χ2n) is 11.5. The Morgan fingerprint density at radius 2 is 1.50 bits per heavy atom. The van der Waals surface area contributed by atoms with E-state index in [2.05, 4.69) is 11.9 Å². The summed E-state index contributed by atoms with van der Waals surface area (Å²) in [7, 11) is 2.52. The summed E-state index contributed by atoms with van der Waals surface area (Å²) in [6.45, 7) is 5.09. The van der Waals surface area contributed by atoms with Crippen LogP contribution in [-0.2, 0) is 9.47 Å². The van der Waals surface area contributed by atoms with E-state index >= 15 is 0 Å². The van der Waals surface area contributed by atoms with Crippen molar-refractivity contribution in [3.05, 3.63) is 0 Å². The summed E-state index contributed by atoms with van der Waals surface area (Å²) in [4.78, 5) is 2.49. The fourth-order valence-electron chi connectivity index (χ4n) is 7.07. The van der Waals surface area contributed by atoms with Crippen LogP contribution < -0.4 is 0 Å². The monoisotopic (exact) mass is 421 g/mol. The van der Waals surface area contributed by atoms with Gasteiger partial charge in [0.15, 0.2) is 0 Å². The zero-order valence-electron chi connectivity index (χ0n) is 19.2. The normalized spacial score (nSPS) is 45.8. The average Bonchev–Trinajstić information content (AvgIpc) is 3.60. The molecule has 0 spiro atoms. The van der Waals surface area contributed by atoms with Crippen molar-refractivity contribution in [2.75, 3.05) is 40.0 Å². The van der Waals surface area contributed by atoms with Crippen LogP contribution in [0.2, 0.25) is 0 Å². The van der Waals surface area contributed by atoms with Gasteiger partial charge in [-0.25, -0.2) is 0 Å². The summed E-state index contributed by atoms with van der Waals surface area (Å²) in [5, 5.41) is 10.8. The molecule has 2 saturated heterocycles. The van der Waals surface area contributed by atoms with Gasteiger partial charge in [0.25, 0.3) is 0 Å². The van der Waals surface area contributed by atoms with Crippen LogP contribution in [0.1, 0.15) is 77.0 Å². The highest BCUT2D eigenvalue weighted by molar-refractivity contribution is 4.93. The van der Waals surface area contributed by atoms with E-state index < -0.39 is 6.23 Å². The first-order valence-corrected chi connectivity index (χ1v) is 13.1. The number of likely N-dealkylation sites (tertiary alicyclic amines) is 1. The zero-order chi connectivity index (χ0) is 20.6. The number of aliphatic hydroxyl groups excluding tert-OH is 1. The molecular formula is C25H45N2O3+. The van der Waals surface area contributed by atoms with Crippen molar-refractivity contribution in [2.24, 2.45) is 11.8 Å². The summed E-state index contributed by atoms with van der Waals surface area (Å²) < 4.78 is 13.3. The van der Waals surface area contributed by atoms with Crippen LogP contribution in [0, 0.1) is 11.8 Å². The Kier molecular flexibility index (Phi) is 6.74. The number of aliphatic hydroxyl groups is 1. The van der Waals surface area contributed by atoms with Crippen LogP contribution in [0.4, 0.5) is 0 Å². The quantitative estimate of drug-likeness (QED) is 0.666. The highest BCUT2D eigenvalue weighted by Crippen LogP contribution is 2.38. The largest absolute Gasteiger partial charge is 0.381 e. The molecule has 0 aromatic rings. The molecule has 5 aliphatic rings. The van der Waals surface area contributed by atoms with Gasteiger partial charge in [0, 0.05) is 38.1 Å².